The molecule has 0 aliphatic rings. The van der Waals surface area contributed by atoms with E-state index in [0.717, 1.165) is 5.56 Å². The summed E-state index contributed by atoms with van der Waals surface area (Å²) >= 11 is 0. The topological polar surface area (TPSA) is 63.3 Å². The van der Waals surface area contributed by atoms with Gasteiger partial charge < -0.3 is 10.8 Å². The van der Waals surface area contributed by atoms with Crippen molar-refractivity contribution in [1.29, 1.82) is 0 Å². The zero-order valence-corrected chi connectivity index (χ0v) is 10.7. The van der Waals surface area contributed by atoms with Crippen molar-refractivity contribution in [3.8, 4) is 0 Å². The highest BCUT2D eigenvalue weighted by Gasteiger charge is 2.31. The molecule has 0 radical (unpaired) electrons. The quantitative estimate of drug-likeness (QED) is 0.823. The lowest BCUT2D eigenvalue weighted by atomic mass is 9.83. The third-order valence-electron chi connectivity index (χ3n) is 3.21. The van der Waals surface area contributed by atoms with Gasteiger partial charge in [-0.3, -0.25) is 4.79 Å². The van der Waals surface area contributed by atoms with E-state index in [1.54, 1.807) is 6.92 Å². The lowest BCUT2D eigenvalue weighted by Gasteiger charge is -2.22. The van der Waals surface area contributed by atoms with Crippen molar-refractivity contribution in [3.05, 3.63) is 35.4 Å². The van der Waals surface area contributed by atoms with E-state index in [2.05, 4.69) is 26.0 Å². The minimum absolute atomic E-state index is 0.147. The summed E-state index contributed by atoms with van der Waals surface area (Å²) in [4.78, 5) is 11.2. The van der Waals surface area contributed by atoms with E-state index in [1.807, 2.05) is 12.1 Å². The lowest BCUT2D eigenvalue weighted by Crippen LogP contribution is -2.37. The summed E-state index contributed by atoms with van der Waals surface area (Å²) < 4.78 is 0. The number of carboxylic acid groups (broad SMARTS) is 1. The second-order valence-corrected chi connectivity index (χ2v) is 5.14. The van der Waals surface area contributed by atoms with E-state index in [4.69, 9.17) is 10.8 Å². The number of benzene rings is 1. The number of carbonyl (C=O) groups is 1. The average Bonchev–Trinajstić information content (AvgIpc) is 2.29. The molecule has 17 heavy (non-hydrogen) atoms. The maximum absolute atomic E-state index is 11.2. The Morgan fingerprint density at radius 1 is 1.35 bits per heavy atom. The minimum atomic E-state index is -0.876. The van der Waals surface area contributed by atoms with Crippen LogP contribution in [-0.2, 0) is 11.2 Å². The molecule has 0 spiro atoms. The Bertz CT molecular complexity index is 384. The molecule has 1 unspecified atom stereocenters. The molecule has 0 aromatic heterocycles. The van der Waals surface area contributed by atoms with Gasteiger partial charge in [0.05, 0.1) is 5.41 Å². The molecular weight excluding hydrogens is 214 g/mol. The molecule has 0 bridgehead atoms. The van der Waals surface area contributed by atoms with E-state index in [0.29, 0.717) is 12.3 Å². The monoisotopic (exact) mass is 235 g/mol. The fourth-order valence-corrected chi connectivity index (χ4v) is 1.71. The summed E-state index contributed by atoms with van der Waals surface area (Å²) in [5.41, 5.74) is 6.96. The molecule has 1 rings (SSSR count). The maximum Gasteiger partial charge on any atom is 0.310 e. The first-order valence-electron chi connectivity index (χ1n) is 5.91. The van der Waals surface area contributed by atoms with E-state index in [1.165, 1.54) is 5.56 Å². The number of hydrogen-bond donors (Lipinski definition) is 2. The average molecular weight is 235 g/mol. The van der Waals surface area contributed by atoms with Crippen molar-refractivity contribution in [1.82, 2.24) is 0 Å². The summed E-state index contributed by atoms with van der Waals surface area (Å²) in [5.74, 6) is -0.350. The van der Waals surface area contributed by atoms with Crippen molar-refractivity contribution < 1.29 is 9.90 Å². The van der Waals surface area contributed by atoms with Gasteiger partial charge >= 0.3 is 5.97 Å². The van der Waals surface area contributed by atoms with E-state index >= 15 is 0 Å². The fraction of sp³-hybridized carbons (Fsp3) is 0.500. The highest BCUT2D eigenvalue weighted by Crippen LogP contribution is 2.23. The van der Waals surface area contributed by atoms with Gasteiger partial charge in [0.1, 0.15) is 0 Å². The Hall–Kier alpha value is -1.35. The Labute approximate surface area is 103 Å². The number of aliphatic carboxylic acids is 1. The van der Waals surface area contributed by atoms with Crippen LogP contribution in [0.2, 0.25) is 0 Å². The molecule has 1 aromatic carbocycles. The fourth-order valence-electron chi connectivity index (χ4n) is 1.71. The molecule has 0 heterocycles. The summed E-state index contributed by atoms with van der Waals surface area (Å²) in [6.45, 7) is 6.10. The molecule has 0 amide bonds. The van der Waals surface area contributed by atoms with Crippen LogP contribution in [0.4, 0.5) is 0 Å². The van der Waals surface area contributed by atoms with Gasteiger partial charge in [0.2, 0.25) is 0 Å². The van der Waals surface area contributed by atoms with Gasteiger partial charge in [0, 0.05) is 6.54 Å². The first-order valence-corrected chi connectivity index (χ1v) is 5.91. The van der Waals surface area contributed by atoms with Crippen LogP contribution in [0, 0.1) is 5.41 Å². The van der Waals surface area contributed by atoms with E-state index < -0.39 is 11.4 Å². The van der Waals surface area contributed by atoms with Gasteiger partial charge in [-0.25, -0.2) is 0 Å². The normalized spacial score (nSPS) is 14.6. The lowest BCUT2D eigenvalue weighted by molar-refractivity contribution is -0.147. The molecular formula is C14H21NO2. The van der Waals surface area contributed by atoms with Gasteiger partial charge in [-0.1, -0.05) is 38.1 Å². The zero-order valence-electron chi connectivity index (χ0n) is 10.7. The molecule has 3 N–H and O–H groups in total. The molecule has 94 valence electrons. The van der Waals surface area contributed by atoms with Crippen LogP contribution in [0.1, 0.15) is 37.8 Å². The second-order valence-electron chi connectivity index (χ2n) is 5.14. The standard InChI is InChI=1S/C14H21NO2/c1-10(2)12-6-4-11(5-7-12)8-14(3,9-15)13(16)17/h4-7,10H,8-9,15H2,1-3H3,(H,16,17). The minimum Gasteiger partial charge on any atom is -0.481 e. The van der Waals surface area contributed by atoms with Crippen molar-refractivity contribution in [2.75, 3.05) is 6.54 Å². The van der Waals surface area contributed by atoms with Crippen LogP contribution in [-0.4, -0.2) is 17.6 Å². The first kappa shape index (κ1) is 13.7. The molecule has 0 aliphatic carbocycles. The highest BCUT2D eigenvalue weighted by atomic mass is 16.4. The zero-order chi connectivity index (χ0) is 13.1. The molecule has 0 saturated carbocycles. The summed E-state index contributed by atoms with van der Waals surface area (Å²) in [5, 5.41) is 9.16. The van der Waals surface area contributed by atoms with Gasteiger partial charge in [-0.2, -0.15) is 0 Å². The summed E-state index contributed by atoms with van der Waals surface area (Å²) in [6, 6.07) is 8.09. The van der Waals surface area contributed by atoms with Crippen molar-refractivity contribution in [2.24, 2.45) is 11.1 Å². The van der Waals surface area contributed by atoms with Crippen LogP contribution in [0.25, 0.3) is 0 Å². The molecule has 3 heteroatoms. The van der Waals surface area contributed by atoms with Crippen molar-refractivity contribution in [3.63, 3.8) is 0 Å². The molecule has 0 saturated heterocycles. The molecule has 0 aliphatic heterocycles. The summed E-state index contributed by atoms with van der Waals surface area (Å²) in [6.07, 6.45) is 0.469. The Morgan fingerprint density at radius 2 is 1.88 bits per heavy atom. The molecule has 1 atom stereocenters. The molecule has 3 nitrogen and oxygen atoms in total. The smallest absolute Gasteiger partial charge is 0.310 e. The van der Waals surface area contributed by atoms with Crippen LogP contribution in [0.3, 0.4) is 0 Å². The predicted molar refractivity (Wildman–Crippen MR) is 69.0 cm³/mol. The number of nitrogens with two attached hydrogens (primary N) is 1. The molecule has 1 aromatic rings. The van der Waals surface area contributed by atoms with E-state index in [-0.39, 0.29) is 6.54 Å². The van der Waals surface area contributed by atoms with E-state index in [9.17, 15) is 4.79 Å². The predicted octanol–water partition coefficient (Wildman–Crippen LogP) is 2.40. The number of hydrogen-bond acceptors (Lipinski definition) is 2. The van der Waals surface area contributed by atoms with Gasteiger partial charge in [0.25, 0.3) is 0 Å². The van der Waals surface area contributed by atoms with Crippen molar-refractivity contribution >= 4 is 5.97 Å². The second kappa shape index (κ2) is 5.32. The van der Waals surface area contributed by atoms with Crippen LogP contribution >= 0.6 is 0 Å². The Morgan fingerprint density at radius 3 is 2.24 bits per heavy atom. The first-order chi connectivity index (χ1) is 7.89. The van der Waals surface area contributed by atoms with Crippen LogP contribution in [0.15, 0.2) is 24.3 Å². The number of carboxylic acids is 1. The Balaban J connectivity index is 2.85. The van der Waals surface area contributed by atoms with Crippen LogP contribution in [0.5, 0.6) is 0 Å². The third-order valence-corrected chi connectivity index (χ3v) is 3.21. The van der Waals surface area contributed by atoms with Crippen LogP contribution < -0.4 is 5.73 Å². The third kappa shape index (κ3) is 3.30. The Kier molecular flexibility index (Phi) is 4.29. The maximum atomic E-state index is 11.2. The van der Waals surface area contributed by atoms with Gasteiger partial charge in [-0.05, 0) is 30.4 Å². The molecule has 0 fully saturated rings. The largest absolute Gasteiger partial charge is 0.481 e. The SMILES string of the molecule is CC(C)c1ccc(CC(C)(CN)C(=O)O)cc1. The summed E-state index contributed by atoms with van der Waals surface area (Å²) in [7, 11) is 0. The number of rotatable bonds is 5. The van der Waals surface area contributed by atoms with Gasteiger partial charge in [0.15, 0.2) is 0 Å². The van der Waals surface area contributed by atoms with Crippen molar-refractivity contribution in [2.45, 2.75) is 33.1 Å². The highest BCUT2D eigenvalue weighted by molar-refractivity contribution is 5.74. The van der Waals surface area contributed by atoms with Gasteiger partial charge in [-0.15, -0.1) is 0 Å².